The number of nitrogens with two attached hydrogens (primary N) is 1. The van der Waals surface area contributed by atoms with E-state index in [1.54, 1.807) is 11.3 Å². The highest BCUT2D eigenvalue weighted by molar-refractivity contribution is 7.09. The van der Waals surface area contributed by atoms with Crippen LogP contribution in [-0.4, -0.2) is 16.8 Å². The molecule has 1 heterocycles. The summed E-state index contributed by atoms with van der Waals surface area (Å²) in [5.74, 6) is 0.0368. The van der Waals surface area contributed by atoms with Crippen LogP contribution in [0.1, 0.15) is 34.9 Å². The minimum absolute atomic E-state index is 0.0368. The molecule has 1 aliphatic carbocycles. The predicted octanol–water partition coefficient (Wildman–Crippen LogP) is 3.25. The Morgan fingerprint density at radius 2 is 2.05 bits per heavy atom. The van der Waals surface area contributed by atoms with Gasteiger partial charge in [-0.05, 0) is 36.8 Å². The molecule has 1 aromatic heterocycles. The largest absolute Gasteiger partial charge is 0.333 e. The smallest absolute Gasteiger partial charge is 0.244 e. The molecule has 1 amide bonds. The van der Waals surface area contributed by atoms with Gasteiger partial charge in [0.15, 0.2) is 0 Å². The lowest BCUT2D eigenvalue weighted by Gasteiger charge is -2.25. The Hall–Kier alpha value is -1.65. The number of aryl methyl sites for hydroxylation is 1. The number of amides is 1. The van der Waals surface area contributed by atoms with E-state index in [-0.39, 0.29) is 5.91 Å². The molecule has 1 saturated carbocycles. The van der Waals surface area contributed by atoms with Crippen LogP contribution >= 0.6 is 11.3 Å². The summed E-state index contributed by atoms with van der Waals surface area (Å²) in [5.41, 5.74) is 8.26. The first-order valence-electron chi connectivity index (χ1n) is 7.30. The summed E-state index contributed by atoms with van der Waals surface area (Å²) >= 11 is 1.69. The Morgan fingerprint density at radius 3 is 2.62 bits per heavy atom. The second kappa shape index (κ2) is 6.00. The number of benzene rings is 1. The molecule has 3 rings (SSSR count). The van der Waals surface area contributed by atoms with Gasteiger partial charge in [-0.15, -0.1) is 11.3 Å². The molecule has 1 fully saturated rings. The fraction of sp³-hybridized carbons (Fsp3) is 0.353. The lowest BCUT2D eigenvalue weighted by Crippen LogP contribution is -2.39. The van der Waals surface area contributed by atoms with Gasteiger partial charge in [-0.25, -0.2) is 0 Å². The second-order valence-electron chi connectivity index (χ2n) is 5.67. The standard InChI is InChI=1S/C17H20N2OS/c1-12-4-6-13(7-5-12)16(18)17(20)19(14-8-9-14)11-15-3-2-10-21-15/h2-7,10,14,16H,8-9,11,18H2,1H3. The number of thiophene rings is 1. The molecule has 1 aliphatic rings. The van der Waals surface area contributed by atoms with Crippen LogP contribution in [0.25, 0.3) is 0 Å². The zero-order chi connectivity index (χ0) is 14.8. The molecule has 0 spiro atoms. The quantitative estimate of drug-likeness (QED) is 0.921. The number of carbonyl (C=O) groups excluding carboxylic acids is 1. The van der Waals surface area contributed by atoms with Crippen molar-refractivity contribution >= 4 is 17.2 Å². The molecule has 1 aromatic carbocycles. The molecule has 3 nitrogen and oxygen atoms in total. The number of rotatable bonds is 5. The van der Waals surface area contributed by atoms with Crippen molar-refractivity contribution in [1.29, 1.82) is 0 Å². The first kappa shape index (κ1) is 14.3. The Balaban J connectivity index is 1.75. The van der Waals surface area contributed by atoms with Crippen molar-refractivity contribution in [2.75, 3.05) is 0 Å². The summed E-state index contributed by atoms with van der Waals surface area (Å²) in [4.78, 5) is 15.9. The molecule has 4 heteroatoms. The molecule has 2 aromatic rings. The highest BCUT2D eigenvalue weighted by Crippen LogP contribution is 2.31. The number of hydrogen-bond donors (Lipinski definition) is 1. The molecule has 0 aliphatic heterocycles. The van der Waals surface area contributed by atoms with Crippen LogP contribution in [0.3, 0.4) is 0 Å². The van der Waals surface area contributed by atoms with Gasteiger partial charge in [0.2, 0.25) is 5.91 Å². The second-order valence-corrected chi connectivity index (χ2v) is 6.70. The van der Waals surface area contributed by atoms with Crippen LogP contribution in [0.15, 0.2) is 41.8 Å². The lowest BCUT2D eigenvalue weighted by atomic mass is 10.0. The third-order valence-electron chi connectivity index (χ3n) is 3.88. The summed E-state index contributed by atoms with van der Waals surface area (Å²) in [5, 5.41) is 2.05. The fourth-order valence-electron chi connectivity index (χ4n) is 2.44. The van der Waals surface area contributed by atoms with E-state index in [1.807, 2.05) is 47.5 Å². The zero-order valence-corrected chi connectivity index (χ0v) is 13.0. The van der Waals surface area contributed by atoms with E-state index < -0.39 is 6.04 Å². The minimum atomic E-state index is -0.564. The van der Waals surface area contributed by atoms with E-state index in [0.29, 0.717) is 12.6 Å². The normalized spacial score (nSPS) is 15.7. The van der Waals surface area contributed by atoms with Gasteiger partial charge in [-0.1, -0.05) is 35.9 Å². The molecule has 0 bridgehead atoms. The SMILES string of the molecule is Cc1ccc(C(N)C(=O)N(Cc2cccs2)C2CC2)cc1. The number of carbonyl (C=O) groups is 1. The van der Waals surface area contributed by atoms with Crippen molar-refractivity contribution in [3.05, 3.63) is 57.8 Å². The Morgan fingerprint density at radius 1 is 1.33 bits per heavy atom. The Kier molecular flexibility index (Phi) is 4.08. The lowest BCUT2D eigenvalue weighted by molar-refractivity contribution is -0.133. The van der Waals surface area contributed by atoms with Gasteiger partial charge in [-0.2, -0.15) is 0 Å². The van der Waals surface area contributed by atoms with Crippen molar-refractivity contribution in [3.63, 3.8) is 0 Å². The summed E-state index contributed by atoms with van der Waals surface area (Å²) in [6.45, 7) is 2.71. The molecule has 110 valence electrons. The molecule has 1 unspecified atom stereocenters. The highest BCUT2D eigenvalue weighted by Gasteiger charge is 2.35. The molecule has 21 heavy (non-hydrogen) atoms. The topological polar surface area (TPSA) is 46.3 Å². The average Bonchev–Trinajstić information content (AvgIpc) is 3.20. The first-order valence-corrected chi connectivity index (χ1v) is 8.18. The van der Waals surface area contributed by atoms with E-state index in [2.05, 4.69) is 6.07 Å². The van der Waals surface area contributed by atoms with E-state index in [4.69, 9.17) is 5.73 Å². The number of hydrogen-bond acceptors (Lipinski definition) is 3. The average molecular weight is 300 g/mol. The molecule has 0 radical (unpaired) electrons. The molecular formula is C17H20N2OS. The Labute approximate surface area is 129 Å². The first-order chi connectivity index (χ1) is 10.1. The molecule has 0 saturated heterocycles. The van der Waals surface area contributed by atoms with Gasteiger partial charge in [0, 0.05) is 10.9 Å². The molecule has 1 atom stereocenters. The van der Waals surface area contributed by atoms with E-state index >= 15 is 0 Å². The van der Waals surface area contributed by atoms with Crippen LogP contribution in [0.2, 0.25) is 0 Å². The zero-order valence-electron chi connectivity index (χ0n) is 12.2. The minimum Gasteiger partial charge on any atom is -0.333 e. The van der Waals surface area contributed by atoms with Crippen molar-refractivity contribution in [2.24, 2.45) is 5.73 Å². The van der Waals surface area contributed by atoms with Crippen LogP contribution in [0, 0.1) is 6.92 Å². The van der Waals surface area contributed by atoms with Crippen LogP contribution in [-0.2, 0) is 11.3 Å². The third kappa shape index (κ3) is 3.34. The number of nitrogens with zero attached hydrogens (tertiary/aromatic N) is 1. The monoisotopic (exact) mass is 300 g/mol. The summed E-state index contributed by atoms with van der Waals surface area (Å²) in [6, 6.07) is 11.8. The van der Waals surface area contributed by atoms with E-state index in [9.17, 15) is 4.79 Å². The van der Waals surface area contributed by atoms with Crippen molar-refractivity contribution < 1.29 is 4.79 Å². The molecule has 2 N–H and O–H groups in total. The van der Waals surface area contributed by atoms with Gasteiger partial charge in [0.05, 0.1) is 6.54 Å². The maximum Gasteiger partial charge on any atom is 0.244 e. The van der Waals surface area contributed by atoms with Gasteiger partial charge in [0.25, 0.3) is 0 Å². The Bertz CT molecular complexity index is 602. The van der Waals surface area contributed by atoms with Crippen molar-refractivity contribution in [3.8, 4) is 0 Å². The van der Waals surface area contributed by atoms with Crippen LogP contribution in [0.5, 0.6) is 0 Å². The maximum atomic E-state index is 12.7. The van der Waals surface area contributed by atoms with Gasteiger partial charge < -0.3 is 10.6 Å². The van der Waals surface area contributed by atoms with Gasteiger partial charge in [-0.3, -0.25) is 4.79 Å². The van der Waals surface area contributed by atoms with Gasteiger partial charge in [0.1, 0.15) is 6.04 Å². The third-order valence-corrected chi connectivity index (χ3v) is 4.74. The summed E-state index contributed by atoms with van der Waals surface area (Å²) < 4.78 is 0. The predicted molar refractivity (Wildman–Crippen MR) is 86.0 cm³/mol. The molecular weight excluding hydrogens is 280 g/mol. The maximum absolute atomic E-state index is 12.7. The summed E-state index contributed by atoms with van der Waals surface area (Å²) in [7, 11) is 0. The summed E-state index contributed by atoms with van der Waals surface area (Å²) in [6.07, 6.45) is 2.19. The van der Waals surface area contributed by atoms with E-state index in [0.717, 1.165) is 18.4 Å². The fourth-order valence-corrected chi connectivity index (χ4v) is 3.14. The van der Waals surface area contributed by atoms with Crippen LogP contribution in [0.4, 0.5) is 0 Å². The van der Waals surface area contributed by atoms with Gasteiger partial charge >= 0.3 is 0 Å². The van der Waals surface area contributed by atoms with Crippen LogP contribution < -0.4 is 5.73 Å². The van der Waals surface area contributed by atoms with Crippen molar-refractivity contribution in [1.82, 2.24) is 4.90 Å². The van der Waals surface area contributed by atoms with E-state index in [1.165, 1.54) is 10.4 Å². The van der Waals surface area contributed by atoms with Crippen molar-refractivity contribution in [2.45, 2.75) is 38.4 Å². The highest BCUT2D eigenvalue weighted by atomic mass is 32.1.